The van der Waals surface area contributed by atoms with Crippen molar-refractivity contribution in [2.45, 2.75) is 25.7 Å². The summed E-state index contributed by atoms with van der Waals surface area (Å²) >= 11 is 0. The number of Topliss-reactive ketones (excluding diaryl/α,β-unsaturated/α-hetero) is 1. The maximum atomic E-state index is 13.2. The van der Waals surface area contributed by atoms with Crippen molar-refractivity contribution in [3.63, 3.8) is 0 Å². The lowest BCUT2D eigenvalue weighted by Gasteiger charge is -2.07. The molecule has 5 heteroatoms. The number of hydrogen-bond donors (Lipinski definition) is 1. The normalized spacial score (nSPS) is 10.4. The third-order valence-corrected chi connectivity index (χ3v) is 2.46. The van der Waals surface area contributed by atoms with Crippen LogP contribution in [0.1, 0.15) is 25.7 Å². The Morgan fingerprint density at radius 2 is 1.83 bits per heavy atom. The second-order valence-corrected chi connectivity index (χ2v) is 3.98. The van der Waals surface area contributed by atoms with Gasteiger partial charge in [-0.25, -0.2) is 8.78 Å². The van der Waals surface area contributed by atoms with E-state index in [2.05, 4.69) is 0 Å². The van der Waals surface area contributed by atoms with Crippen molar-refractivity contribution in [2.75, 3.05) is 13.2 Å². The Morgan fingerprint density at radius 3 is 2.44 bits per heavy atom. The minimum Gasteiger partial charge on any atom is -0.480 e. The molecular weight excluding hydrogens is 240 g/mol. The predicted octanol–water partition coefficient (Wildman–Crippen LogP) is 2.43. The summed E-state index contributed by atoms with van der Waals surface area (Å²) in [5.41, 5.74) is 5.32. The maximum absolute atomic E-state index is 13.2. The van der Waals surface area contributed by atoms with Gasteiger partial charge in [0.15, 0.2) is 23.2 Å². The van der Waals surface area contributed by atoms with Crippen LogP contribution in [0.4, 0.5) is 8.78 Å². The Hall–Kier alpha value is -1.49. The SMILES string of the molecule is NCCCCCC(=O)COc1c(F)cccc1F. The molecule has 0 radical (unpaired) electrons. The molecule has 0 amide bonds. The summed E-state index contributed by atoms with van der Waals surface area (Å²) in [5, 5.41) is 0. The van der Waals surface area contributed by atoms with E-state index in [-0.39, 0.29) is 12.4 Å². The van der Waals surface area contributed by atoms with Crippen LogP contribution in [0.5, 0.6) is 5.75 Å². The molecular formula is C13H17F2NO2. The van der Waals surface area contributed by atoms with Crippen LogP contribution in [-0.4, -0.2) is 18.9 Å². The van der Waals surface area contributed by atoms with Crippen LogP contribution in [0.3, 0.4) is 0 Å². The first kappa shape index (κ1) is 14.6. The van der Waals surface area contributed by atoms with Crippen LogP contribution in [0.2, 0.25) is 0 Å². The van der Waals surface area contributed by atoms with Gasteiger partial charge in [0.1, 0.15) is 6.61 Å². The lowest BCUT2D eigenvalue weighted by Crippen LogP contribution is -2.12. The lowest BCUT2D eigenvalue weighted by molar-refractivity contribution is -0.121. The van der Waals surface area contributed by atoms with Crippen molar-refractivity contribution in [2.24, 2.45) is 5.73 Å². The molecule has 0 heterocycles. The molecule has 0 bridgehead atoms. The number of unbranched alkanes of at least 4 members (excludes halogenated alkanes) is 2. The molecule has 18 heavy (non-hydrogen) atoms. The number of ether oxygens (including phenoxy) is 1. The van der Waals surface area contributed by atoms with Crippen molar-refractivity contribution in [1.29, 1.82) is 0 Å². The number of nitrogens with two attached hydrogens (primary N) is 1. The van der Waals surface area contributed by atoms with Crippen molar-refractivity contribution in [3.8, 4) is 5.75 Å². The first-order chi connectivity index (χ1) is 8.65. The number of carbonyl (C=O) groups is 1. The van der Waals surface area contributed by atoms with Crippen LogP contribution in [0, 0.1) is 11.6 Å². The number of ketones is 1. The second-order valence-electron chi connectivity index (χ2n) is 3.98. The molecule has 100 valence electrons. The first-order valence-corrected chi connectivity index (χ1v) is 5.93. The van der Waals surface area contributed by atoms with E-state index < -0.39 is 17.4 Å². The van der Waals surface area contributed by atoms with E-state index in [0.29, 0.717) is 13.0 Å². The first-order valence-electron chi connectivity index (χ1n) is 5.93. The average Bonchev–Trinajstić information content (AvgIpc) is 2.34. The summed E-state index contributed by atoms with van der Waals surface area (Å²) < 4.78 is 31.2. The Balaban J connectivity index is 2.34. The van der Waals surface area contributed by atoms with E-state index in [1.165, 1.54) is 6.07 Å². The molecule has 2 N–H and O–H groups in total. The molecule has 0 spiro atoms. The number of carbonyl (C=O) groups excluding carboxylic acids is 1. The molecule has 0 atom stereocenters. The van der Waals surface area contributed by atoms with Gasteiger partial charge in [0, 0.05) is 6.42 Å². The molecule has 0 fully saturated rings. The zero-order valence-corrected chi connectivity index (χ0v) is 10.1. The Morgan fingerprint density at radius 1 is 1.17 bits per heavy atom. The molecule has 1 aromatic rings. The van der Waals surface area contributed by atoms with E-state index in [0.717, 1.165) is 31.4 Å². The van der Waals surface area contributed by atoms with Gasteiger partial charge in [0.2, 0.25) is 0 Å². The minimum absolute atomic E-state index is 0.172. The molecule has 3 nitrogen and oxygen atoms in total. The molecule has 1 rings (SSSR count). The third kappa shape index (κ3) is 4.79. The molecule has 0 aromatic heterocycles. The molecule has 0 aliphatic carbocycles. The smallest absolute Gasteiger partial charge is 0.191 e. The van der Waals surface area contributed by atoms with Gasteiger partial charge in [-0.2, -0.15) is 0 Å². The molecule has 1 aromatic carbocycles. The highest BCUT2D eigenvalue weighted by molar-refractivity contribution is 5.79. The van der Waals surface area contributed by atoms with Crippen LogP contribution in [0.15, 0.2) is 18.2 Å². The monoisotopic (exact) mass is 257 g/mol. The summed E-state index contributed by atoms with van der Waals surface area (Å²) in [6, 6.07) is 3.42. The fourth-order valence-corrected chi connectivity index (χ4v) is 1.49. The standard InChI is InChI=1S/C13H17F2NO2/c14-11-6-4-7-12(15)13(11)18-9-10(17)5-2-1-3-8-16/h4,6-7H,1-3,5,8-9,16H2. The minimum atomic E-state index is -0.800. The lowest BCUT2D eigenvalue weighted by atomic mass is 10.1. The fraction of sp³-hybridized carbons (Fsp3) is 0.462. The number of halogens is 2. The highest BCUT2D eigenvalue weighted by Gasteiger charge is 2.11. The van der Waals surface area contributed by atoms with Gasteiger partial charge in [-0.3, -0.25) is 4.79 Å². The summed E-state index contributed by atoms with van der Waals surface area (Å²) in [6.07, 6.45) is 2.81. The van der Waals surface area contributed by atoms with Gasteiger partial charge in [0.05, 0.1) is 0 Å². The van der Waals surface area contributed by atoms with Gasteiger partial charge in [0.25, 0.3) is 0 Å². The Kier molecular flexibility index (Phi) is 6.28. The van der Waals surface area contributed by atoms with Crippen molar-refractivity contribution in [3.05, 3.63) is 29.8 Å². The zero-order chi connectivity index (χ0) is 13.4. The van der Waals surface area contributed by atoms with Crippen LogP contribution < -0.4 is 10.5 Å². The molecule has 0 aliphatic rings. The van der Waals surface area contributed by atoms with Gasteiger partial charge < -0.3 is 10.5 Å². The molecule has 0 unspecified atom stereocenters. The van der Waals surface area contributed by atoms with Crippen molar-refractivity contribution >= 4 is 5.78 Å². The highest BCUT2D eigenvalue weighted by Crippen LogP contribution is 2.20. The predicted molar refractivity (Wildman–Crippen MR) is 64.4 cm³/mol. The van der Waals surface area contributed by atoms with Gasteiger partial charge in [-0.05, 0) is 31.5 Å². The van der Waals surface area contributed by atoms with E-state index in [1.54, 1.807) is 0 Å². The van der Waals surface area contributed by atoms with Crippen LogP contribution >= 0.6 is 0 Å². The summed E-state index contributed by atoms with van der Waals surface area (Å²) in [7, 11) is 0. The van der Waals surface area contributed by atoms with Crippen molar-refractivity contribution < 1.29 is 18.3 Å². The largest absolute Gasteiger partial charge is 0.480 e. The van der Waals surface area contributed by atoms with Crippen LogP contribution in [0.25, 0.3) is 0 Å². The van der Waals surface area contributed by atoms with Crippen LogP contribution in [-0.2, 0) is 4.79 Å². The Labute approximate surface area is 105 Å². The number of hydrogen-bond acceptors (Lipinski definition) is 3. The summed E-state index contributed by atoms with van der Waals surface area (Å²) in [6.45, 7) is 0.297. The number of benzene rings is 1. The number of para-hydroxylation sites is 1. The van der Waals surface area contributed by atoms with Gasteiger partial charge in [-0.1, -0.05) is 12.5 Å². The van der Waals surface area contributed by atoms with E-state index in [4.69, 9.17) is 10.5 Å². The molecule has 0 aliphatic heterocycles. The van der Waals surface area contributed by atoms with E-state index in [9.17, 15) is 13.6 Å². The van der Waals surface area contributed by atoms with E-state index >= 15 is 0 Å². The molecule has 0 saturated carbocycles. The topological polar surface area (TPSA) is 52.3 Å². The second kappa shape index (κ2) is 7.76. The Bertz CT molecular complexity index is 376. The molecule has 0 saturated heterocycles. The van der Waals surface area contributed by atoms with Crippen molar-refractivity contribution in [1.82, 2.24) is 0 Å². The summed E-state index contributed by atoms with van der Waals surface area (Å²) in [5.74, 6) is -2.26. The fourth-order valence-electron chi connectivity index (χ4n) is 1.49. The quantitative estimate of drug-likeness (QED) is 0.728. The summed E-state index contributed by atoms with van der Waals surface area (Å²) in [4.78, 5) is 11.4. The van der Waals surface area contributed by atoms with Gasteiger partial charge in [-0.15, -0.1) is 0 Å². The van der Waals surface area contributed by atoms with E-state index in [1.807, 2.05) is 0 Å². The third-order valence-electron chi connectivity index (χ3n) is 2.46. The average molecular weight is 257 g/mol. The number of rotatable bonds is 8. The highest BCUT2D eigenvalue weighted by atomic mass is 19.1. The van der Waals surface area contributed by atoms with Gasteiger partial charge >= 0.3 is 0 Å². The zero-order valence-electron chi connectivity index (χ0n) is 10.1. The maximum Gasteiger partial charge on any atom is 0.191 e.